The van der Waals surface area contributed by atoms with Gasteiger partial charge in [-0.3, -0.25) is 0 Å². The lowest BCUT2D eigenvalue weighted by Crippen LogP contribution is -2.27. The van der Waals surface area contributed by atoms with Crippen molar-refractivity contribution in [3.05, 3.63) is 71.0 Å². The van der Waals surface area contributed by atoms with Crippen molar-refractivity contribution in [2.24, 2.45) is 0 Å². The number of anilines is 4. The average Bonchev–Trinajstić information content (AvgIpc) is 3.16. The summed E-state index contributed by atoms with van der Waals surface area (Å²) in [5.74, 6) is 2.77. The molecular weight excluding hydrogens is 380 g/mol. The van der Waals surface area contributed by atoms with Gasteiger partial charge in [0.2, 0.25) is 0 Å². The van der Waals surface area contributed by atoms with Crippen LogP contribution in [-0.4, -0.2) is 16.6 Å². The molecule has 0 unspecified atom stereocenters. The van der Waals surface area contributed by atoms with Gasteiger partial charge in [-0.2, -0.15) is 0 Å². The molecule has 3 aromatic rings. The van der Waals surface area contributed by atoms with E-state index in [1.807, 2.05) is 12.4 Å². The molecule has 0 aliphatic carbocycles. The number of aromatic nitrogens is 2. The fraction of sp³-hybridized carbons (Fsp3) is 0.407. The lowest BCUT2D eigenvalue weighted by atomic mass is 9.95. The van der Waals surface area contributed by atoms with E-state index in [1.54, 1.807) is 0 Å². The molecule has 4 rings (SSSR count). The molecule has 2 aromatic carbocycles. The molecule has 2 heterocycles. The van der Waals surface area contributed by atoms with Gasteiger partial charge in [-0.25, -0.2) is 9.97 Å². The number of rotatable bonds is 6. The second-order valence-corrected chi connectivity index (χ2v) is 8.93. The summed E-state index contributed by atoms with van der Waals surface area (Å²) in [5.41, 5.74) is 8.04. The van der Waals surface area contributed by atoms with Gasteiger partial charge in [0.05, 0.1) is 11.4 Å². The smallest absolute Gasteiger partial charge is 0.178 e. The molecule has 1 aliphatic rings. The molecule has 162 valence electrons. The summed E-state index contributed by atoms with van der Waals surface area (Å²) in [7, 11) is 0. The first-order chi connectivity index (χ1) is 15.0. The molecule has 4 nitrogen and oxygen atoms in total. The van der Waals surface area contributed by atoms with Crippen molar-refractivity contribution in [2.45, 2.75) is 66.2 Å². The third kappa shape index (κ3) is 3.69. The molecule has 31 heavy (non-hydrogen) atoms. The number of nitrogens with zero attached hydrogens (tertiary/aromatic N) is 4. The van der Waals surface area contributed by atoms with Crippen molar-refractivity contribution in [3.63, 3.8) is 0 Å². The summed E-state index contributed by atoms with van der Waals surface area (Å²) >= 11 is 0. The number of hydrogen-bond acceptors (Lipinski definition) is 4. The third-order valence-corrected chi connectivity index (χ3v) is 6.30. The Balaban J connectivity index is 1.93. The molecule has 0 radical (unpaired) electrons. The van der Waals surface area contributed by atoms with Gasteiger partial charge >= 0.3 is 0 Å². The highest BCUT2D eigenvalue weighted by atomic mass is 15.4. The van der Waals surface area contributed by atoms with Crippen LogP contribution < -0.4 is 9.80 Å². The normalized spacial score (nSPS) is 13.4. The van der Waals surface area contributed by atoms with Crippen LogP contribution in [0.15, 0.2) is 48.8 Å². The van der Waals surface area contributed by atoms with Crippen molar-refractivity contribution in [1.82, 2.24) is 9.97 Å². The highest BCUT2D eigenvalue weighted by molar-refractivity contribution is 5.85. The predicted octanol–water partition coefficient (Wildman–Crippen LogP) is 7.10. The monoisotopic (exact) mass is 414 g/mol. The van der Waals surface area contributed by atoms with Gasteiger partial charge in [0.1, 0.15) is 6.67 Å². The van der Waals surface area contributed by atoms with Crippen LogP contribution in [0.2, 0.25) is 0 Å². The summed E-state index contributed by atoms with van der Waals surface area (Å²) < 4.78 is 0. The Morgan fingerprint density at radius 2 is 1.13 bits per heavy atom. The van der Waals surface area contributed by atoms with Crippen LogP contribution in [-0.2, 0) is 12.8 Å². The zero-order chi connectivity index (χ0) is 22.1. The molecule has 4 heteroatoms. The van der Waals surface area contributed by atoms with Crippen LogP contribution in [0.1, 0.15) is 75.6 Å². The highest BCUT2D eigenvalue weighted by Crippen LogP contribution is 2.47. The fourth-order valence-corrected chi connectivity index (χ4v) is 4.72. The molecule has 0 amide bonds. The first-order valence-corrected chi connectivity index (χ1v) is 11.6. The van der Waals surface area contributed by atoms with E-state index in [2.05, 4.69) is 87.7 Å². The number of aryl methyl sites for hydroxylation is 2. The summed E-state index contributed by atoms with van der Waals surface area (Å²) in [6, 6.07) is 13.4. The van der Waals surface area contributed by atoms with Crippen molar-refractivity contribution in [1.29, 1.82) is 0 Å². The van der Waals surface area contributed by atoms with Crippen molar-refractivity contribution in [3.8, 4) is 0 Å². The molecule has 0 bridgehead atoms. The minimum Gasteiger partial charge on any atom is -0.304 e. The maximum Gasteiger partial charge on any atom is 0.178 e. The summed E-state index contributed by atoms with van der Waals surface area (Å²) in [5, 5.41) is 0. The lowest BCUT2D eigenvalue weighted by molar-refractivity contribution is 0.834. The minimum atomic E-state index is 0.435. The molecule has 0 atom stereocenters. The van der Waals surface area contributed by atoms with Gasteiger partial charge in [-0.15, -0.1) is 0 Å². The second kappa shape index (κ2) is 8.70. The highest BCUT2D eigenvalue weighted by Gasteiger charge is 2.35. The Morgan fingerprint density at radius 1 is 0.710 bits per heavy atom. The van der Waals surface area contributed by atoms with Gasteiger partial charge in [0.25, 0.3) is 0 Å². The summed E-state index contributed by atoms with van der Waals surface area (Å²) in [6.45, 7) is 14.3. The van der Waals surface area contributed by atoms with E-state index < -0.39 is 0 Å². The van der Waals surface area contributed by atoms with E-state index >= 15 is 0 Å². The summed E-state index contributed by atoms with van der Waals surface area (Å²) in [4.78, 5) is 14.4. The Bertz CT molecular complexity index is 986. The van der Waals surface area contributed by atoms with Crippen molar-refractivity contribution < 1.29 is 0 Å². The topological polar surface area (TPSA) is 32.3 Å². The van der Waals surface area contributed by atoms with E-state index in [1.165, 1.54) is 33.6 Å². The van der Waals surface area contributed by atoms with E-state index in [9.17, 15) is 0 Å². The molecular formula is C27H34N4. The van der Waals surface area contributed by atoms with Crippen LogP contribution >= 0.6 is 0 Å². The molecule has 0 saturated heterocycles. The van der Waals surface area contributed by atoms with Crippen molar-refractivity contribution >= 4 is 23.0 Å². The van der Waals surface area contributed by atoms with E-state index in [0.29, 0.717) is 11.8 Å². The van der Waals surface area contributed by atoms with Gasteiger partial charge in [0.15, 0.2) is 11.6 Å². The van der Waals surface area contributed by atoms with Crippen LogP contribution in [0.25, 0.3) is 0 Å². The first-order valence-electron chi connectivity index (χ1n) is 11.6. The Hall–Kier alpha value is -2.88. The Kier molecular flexibility index (Phi) is 5.99. The molecule has 1 aromatic heterocycles. The third-order valence-electron chi connectivity index (χ3n) is 6.30. The minimum absolute atomic E-state index is 0.435. The lowest BCUT2D eigenvalue weighted by Gasteiger charge is -2.29. The molecule has 1 aliphatic heterocycles. The van der Waals surface area contributed by atoms with Crippen molar-refractivity contribution in [2.75, 3.05) is 16.5 Å². The standard InChI is InChI=1S/C27H34N4/c1-7-20-11-9-13-22(18(3)4)24(20)30-17-31(27-26(30)28-15-16-29-27)25-21(8-2)12-10-14-23(25)19(5)6/h9-16,18-19H,7-8,17H2,1-6H3. The zero-order valence-corrected chi connectivity index (χ0v) is 19.7. The Labute approximate surface area is 187 Å². The quantitative estimate of drug-likeness (QED) is 0.431. The van der Waals surface area contributed by atoms with Crippen LogP contribution in [0, 0.1) is 0 Å². The fourth-order valence-electron chi connectivity index (χ4n) is 4.72. The maximum absolute atomic E-state index is 4.82. The van der Waals surface area contributed by atoms with Crippen LogP contribution in [0.3, 0.4) is 0 Å². The number of para-hydroxylation sites is 2. The van der Waals surface area contributed by atoms with Gasteiger partial charge in [-0.1, -0.05) is 77.9 Å². The first kappa shape index (κ1) is 21.4. The summed E-state index contributed by atoms with van der Waals surface area (Å²) in [6.07, 6.45) is 5.61. The van der Waals surface area contributed by atoms with E-state index in [4.69, 9.17) is 9.97 Å². The number of benzene rings is 2. The maximum atomic E-state index is 4.82. The number of hydrogen-bond donors (Lipinski definition) is 0. The average molecular weight is 415 g/mol. The van der Waals surface area contributed by atoms with Crippen LogP contribution in [0.5, 0.6) is 0 Å². The Morgan fingerprint density at radius 3 is 1.48 bits per heavy atom. The molecule has 0 N–H and O–H groups in total. The van der Waals surface area contributed by atoms with Gasteiger partial charge in [0, 0.05) is 12.4 Å². The van der Waals surface area contributed by atoms with E-state index in [-0.39, 0.29) is 0 Å². The largest absolute Gasteiger partial charge is 0.304 e. The molecule has 0 saturated carbocycles. The van der Waals surface area contributed by atoms with E-state index in [0.717, 1.165) is 31.1 Å². The second-order valence-electron chi connectivity index (χ2n) is 8.93. The zero-order valence-electron chi connectivity index (χ0n) is 19.7. The SMILES string of the molecule is CCc1cccc(C(C)C)c1N1CN(c2c(CC)cccc2C(C)C)c2nccnc21. The van der Waals surface area contributed by atoms with Crippen LogP contribution in [0.4, 0.5) is 23.0 Å². The molecule has 0 spiro atoms. The predicted molar refractivity (Wildman–Crippen MR) is 131 cm³/mol. The van der Waals surface area contributed by atoms with Gasteiger partial charge < -0.3 is 9.80 Å². The van der Waals surface area contributed by atoms with Gasteiger partial charge in [-0.05, 0) is 46.9 Å². The number of fused-ring (bicyclic) bond motifs is 1. The molecule has 0 fully saturated rings.